The van der Waals surface area contributed by atoms with Crippen LogP contribution in [0.5, 0.6) is 0 Å². The highest BCUT2D eigenvalue weighted by Gasteiger charge is 2.34. The molecule has 2 amide bonds. The first-order chi connectivity index (χ1) is 10.4. The van der Waals surface area contributed by atoms with Crippen molar-refractivity contribution in [2.24, 2.45) is 0 Å². The predicted octanol–water partition coefficient (Wildman–Crippen LogP) is 1.87. The highest BCUT2D eigenvalue weighted by molar-refractivity contribution is 5.74. The third-order valence-corrected chi connectivity index (χ3v) is 3.85. The lowest BCUT2D eigenvalue weighted by Gasteiger charge is -2.36. The first-order valence-electron chi connectivity index (χ1n) is 7.14. The van der Waals surface area contributed by atoms with Gasteiger partial charge in [-0.2, -0.15) is 0 Å². The summed E-state index contributed by atoms with van der Waals surface area (Å²) in [4.78, 5) is 11.9. The number of methoxy groups -OCH3 is 1. The van der Waals surface area contributed by atoms with E-state index in [1.165, 1.54) is 13.2 Å². The summed E-state index contributed by atoms with van der Waals surface area (Å²) >= 11 is 0. The molecule has 0 radical (unpaired) electrons. The molecule has 22 heavy (non-hydrogen) atoms. The summed E-state index contributed by atoms with van der Waals surface area (Å²) in [5.41, 5.74) is -0.422. The molecule has 0 aliphatic heterocycles. The maximum absolute atomic E-state index is 13.3. The van der Waals surface area contributed by atoms with Crippen molar-refractivity contribution in [3.8, 4) is 0 Å². The van der Waals surface area contributed by atoms with Crippen molar-refractivity contribution in [1.82, 2.24) is 10.6 Å². The van der Waals surface area contributed by atoms with Crippen molar-refractivity contribution in [3.05, 3.63) is 35.4 Å². The van der Waals surface area contributed by atoms with E-state index in [1.54, 1.807) is 0 Å². The van der Waals surface area contributed by atoms with Crippen LogP contribution in [0.2, 0.25) is 0 Å². The van der Waals surface area contributed by atoms with Crippen LogP contribution in [0.3, 0.4) is 0 Å². The molecule has 1 saturated carbocycles. The highest BCUT2D eigenvalue weighted by atomic mass is 19.2. The lowest BCUT2D eigenvalue weighted by molar-refractivity contribution is -0.0291. The van der Waals surface area contributed by atoms with Gasteiger partial charge in [-0.15, -0.1) is 0 Å². The van der Waals surface area contributed by atoms with E-state index >= 15 is 0 Å². The number of amides is 2. The Kier molecular flexibility index (Phi) is 5.31. The quantitative estimate of drug-likeness (QED) is 0.751. The molecule has 0 aromatic heterocycles. The molecule has 0 heterocycles. The van der Waals surface area contributed by atoms with Gasteiger partial charge in [-0.05, 0) is 37.0 Å². The van der Waals surface area contributed by atoms with Crippen molar-refractivity contribution >= 4 is 6.03 Å². The van der Waals surface area contributed by atoms with Gasteiger partial charge < -0.3 is 20.5 Å². The van der Waals surface area contributed by atoms with Crippen LogP contribution in [0.1, 0.15) is 30.9 Å². The normalized spacial score (nSPS) is 17.5. The second-order valence-corrected chi connectivity index (χ2v) is 5.59. The van der Waals surface area contributed by atoms with Gasteiger partial charge in [-0.3, -0.25) is 0 Å². The summed E-state index contributed by atoms with van der Waals surface area (Å²) in [7, 11) is 1.45. The van der Waals surface area contributed by atoms with E-state index < -0.39 is 29.3 Å². The van der Waals surface area contributed by atoms with Gasteiger partial charge in [0.15, 0.2) is 11.6 Å². The summed E-state index contributed by atoms with van der Waals surface area (Å²) in [5, 5.41) is 15.1. The summed E-state index contributed by atoms with van der Waals surface area (Å²) in [6.45, 7) is 0.277. The average molecular weight is 314 g/mol. The topological polar surface area (TPSA) is 70.6 Å². The Morgan fingerprint density at radius 1 is 1.41 bits per heavy atom. The Morgan fingerprint density at radius 3 is 2.68 bits per heavy atom. The fourth-order valence-electron chi connectivity index (χ4n) is 2.33. The number of urea groups is 1. The largest absolute Gasteiger partial charge is 0.388 e. The Balaban J connectivity index is 1.95. The smallest absolute Gasteiger partial charge is 0.315 e. The number of rotatable bonds is 6. The molecule has 1 atom stereocenters. The van der Waals surface area contributed by atoms with Gasteiger partial charge in [-0.1, -0.05) is 6.07 Å². The van der Waals surface area contributed by atoms with E-state index in [1.807, 2.05) is 0 Å². The van der Waals surface area contributed by atoms with Crippen molar-refractivity contribution in [1.29, 1.82) is 0 Å². The first kappa shape index (κ1) is 16.6. The number of benzene rings is 1. The number of ether oxygens (including phenoxy) is 1. The number of nitrogens with one attached hydrogen (secondary N) is 2. The molecule has 5 nitrogen and oxygen atoms in total. The molecule has 3 N–H and O–H groups in total. The fourth-order valence-corrected chi connectivity index (χ4v) is 2.33. The lowest BCUT2D eigenvalue weighted by Crippen LogP contribution is -2.50. The molecule has 1 fully saturated rings. The van der Waals surface area contributed by atoms with Crippen molar-refractivity contribution in [2.75, 3.05) is 20.3 Å². The van der Waals surface area contributed by atoms with Gasteiger partial charge >= 0.3 is 6.03 Å². The van der Waals surface area contributed by atoms with Gasteiger partial charge in [0.1, 0.15) is 0 Å². The van der Waals surface area contributed by atoms with Gasteiger partial charge in [0.25, 0.3) is 0 Å². The van der Waals surface area contributed by atoms with Crippen LogP contribution in [-0.4, -0.2) is 37.0 Å². The molecule has 0 spiro atoms. The summed E-state index contributed by atoms with van der Waals surface area (Å²) < 4.78 is 31.3. The first-order valence-corrected chi connectivity index (χ1v) is 7.14. The number of hydrogen-bond donors (Lipinski definition) is 3. The van der Waals surface area contributed by atoms with E-state index in [2.05, 4.69) is 10.6 Å². The zero-order valence-corrected chi connectivity index (χ0v) is 12.4. The van der Waals surface area contributed by atoms with Gasteiger partial charge in [0.2, 0.25) is 0 Å². The van der Waals surface area contributed by atoms with Gasteiger partial charge in [-0.25, -0.2) is 13.6 Å². The Bertz CT molecular complexity index is 536. The molecule has 122 valence electrons. The lowest BCUT2D eigenvalue weighted by atomic mass is 9.80. The van der Waals surface area contributed by atoms with E-state index in [4.69, 9.17) is 4.74 Å². The minimum atomic E-state index is -0.982. The van der Waals surface area contributed by atoms with Crippen LogP contribution in [0, 0.1) is 11.6 Å². The number of halogens is 2. The summed E-state index contributed by atoms with van der Waals surface area (Å²) in [6, 6.07) is 2.31. The molecular weight excluding hydrogens is 294 g/mol. The average Bonchev–Trinajstić information content (AvgIpc) is 2.45. The van der Waals surface area contributed by atoms with Crippen LogP contribution in [0.25, 0.3) is 0 Å². The van der Waals surface area contributed by atoms with E-state index in [0.29, 0.717) is 18.4 Å². The van der Waals surface area contributed by atoms with Crippen LogP contribution >= 0.6 is 0 Å². The second kappa shape index (κ2) is 7.02. The molecule has 1 aliphatic rings. The third-order valence-electron chi connectivity index (χ3n) is 3.85. The van der Waals surface area contributed by atoms with Crippen LogP contribution in [-0.2, 0) is 4.74 Å². The Hall–Kier alpha value is -1.73. The zero-order chi connectivity index (χ0) is 16.2. The van der Waals surface area contributed by atoms with Crippen LogP contribution < -0.4 is 10.6 Å². The Labute approximate surface area is 127 Å². The van der Waals surface area contributed by atoms with Crippen molar-refractivity contribution < 1.29 is 23.4 Å². The highest BCUT2D eigenvalue weighted by Crippen LogP contribution is 2.30. The monoisotopic (exact) mass is 314 g/mol. The fraction of sp³-hybridized carbons (Fsp3) is 0.533. The Morgan fingerprint density at radius 2 is 2.14 bits per heavy atom. The predicted molar refractivity (Wildman–Crippen MR) is 76.3 cm³/mol. The van der Waals surface area contributed by atoms with E-state index in [-0.39, 0.29) is 13.2 Å². The molecule has 0 bridgehead atoms. The molecule has 1 aromatic carbocycles. The van der Waals surface area contributed by atoms with Gasteiger partial charge in [0.05, 0.1) is 18.2 Å². The van der Waals surface area contributed by atoms with E-state index in [9.17, 15) is 18.7 Å². The number of carbonyl (C=O) groups is 1. The number of aliphatic hydroxyl groups is 1. The second-order valence-electron chi connectivity index (χ2n) is 5.59. The standard InChI is InChI=1S/C15H20F2N2O3/c1-22-8-13(10-3-4-11(16)12(17)7-10)19-14(20)18-9-15(21)5-2-6-15/h3-4,7,13,21H,2,5-6,8-9H2,1H3,(H2,18,19,20). The molecule has 2 rings (SSSR count). The molecule has 7 heteroatoms. The summed E-state index contributed by atoms with van der Waals surface area (Å²) in [6.07, 6.45) is 2.27. The van der Waals surface area contributed by atoms with Crippen LogP contribution in [0.4, 0.5) is 13.6 Å². The van der Waals surface area contributed by atoms with Crippen LogP contribution in [0.15, 0.2) is 18.2 Å². The van der Waals surface area contributed by atoms with Crippen molar-refractivity contribution in [3.63, 3.8) is 0 Å². The molecule has 1 unspecified atom stereocenters. The summed E-state index contributed by atoms with van der Waals surface area (Å²) in [5.74, 6) is -1.93. The maximum Gasteiger partial charge on any atom is 0.315 e. The number of carbonyl (C=O) groups excluding carboxylic acids is 1. The molecule has 1 aliphatic carbocycles. The number of hydrogen-bond acceptors (Lipinski definition) is 3. The van der Waals surface area contributed by atoms with Crippen molar-refractivity contribution in [2.45, 2.75) is 30.9 Å². The van der Waals surface area contributed by atoms with E-state index in [0.717, 1.165) is 18.6 Å². The minimum Gasteiger partial charge on any atom is -0.388 e. The SMILES string of the molecule is COCC(NC(=O)NCC1(O)CCC1)c1ccc(F)c(F)c1. The zero-order valence-electron chi connectivity index (χ0n) is 12.4. The molecular formula is C15H20F2N2O3. The molecule has 0 saturated heterocycles. The maximum atomic E-state index is 13.3. The minimum absolute atomic E-state index is 0.114. The van der Waals surface area contributed by atoms with Gasteiger partial charge in [0, 0.05) is 13.7 Å². The molecule has 1 aromatic rings. The third kappa shape index (κ3) is 4.14.